The normalized spacial score (nSPS) is 14.6. The number of non-ortho nitro benzene ring substituents is 1. The Hall–Kier alpha value is -6.02. The van der Waals surface area contributed by atoms with E-state index in [4.69, 9.17) is 14.2 Å². The molecule has 0 aliphatic carbocycles. The summed E-state index contributed by atoms with van der Waals surface area (Å²) in [6, 6.07) is 7.17. The van der Waals surface area contributed by atoms with Gasteiger partial charge in [0.25, 0.3) is 5.69 Å². The first-order chi connectivity index (χ1) is 27.7. The van der Waals surface area contributed by atoms with Gasteiger partial charge in [-0.05, 0) is 53.7 Å². The fraction of sp³-hybridized carbons (Fsp3) is 0.529. The molecule has 26 heteroatoms. The number of carbonyl (C=O) groups is 4. The van der Waals surface area contributed by atoms with Crippen molar-refractivity contribution in [2.24, 2.45) is 0 Å². The molecular weight excluding hydrogens is 835 g/mol. The molecule has 0 spiro atoms. The second-order valence-electron chi connectivity index (χ2n) is 15.1. The minimum atomic E-state index is -3.50. The highest BCUT2D eigenvalue weighted by atomic mass is 32.2. The third kappa shape index (κ3) is 17.5. The number of hydrogen-bond acceptors (Lipinski definition) is 16. The molecule has 2 aromatic heterocycles. The molecule has 2 aliphatic rings. The van der Waals surface area contributed by atoms with Gasteiger partial charge in [-0.15, -0.1) is 10.2 Å². The molecular formula is C34H51N11O13S2. The van der Waals surface area contributed by atoms with Crippen LogP contribution in [0.25, 0.3) is 0 Å². The number of nitro groups is 1. The molecule has 0 unspecified atom stereocenters. The molecule has 24 nitrogen and oxygen atoms in total. The number of ether oxygens (including phenoxy) is 3. The lowest BCUT2D eigenvalue weighted by Gasteiger charge is -2.35. The van der Waals surface area contributed by atoms with Gasteiger partial charge in [-0.2, -0.15) is 9.36 Å². The van der Waals surface area contributed by atoms with Crippen LogP contribution in [0.5, 0.6) is 5.75 Å². The highest BCUT2D eigenvalue weighted by Gasteiger charge is 2.29. The summed E-state index contributed by atoms with van der Waals surface area (Å²) in [6.07, 6.45) is 3.05. The molecule has 2 saturated heterocycles. The van der Waals surface area contributed by atoms with Crippen molar-refractivity contribution in [2.45, 2.75) is 52.7 Å². The smallest absolute Gasteiger partial charge is 0.440 e. The summed E-state index contributed by atoms with van der Waals surface area (Å²) < 4.78 is 66.0. The van der Waals surface area contributed by atoms with Gasteiger partial charge >= 0.3 is 24.3 Å². The number of hydrogen-bond donors (Lipinski definition) is 3. The number of anilines is 2. The summed E-state index contributed by atoms with van der Waals surface area (Å²) in [4.78, 5) is 62.4. The van der Waals surface area contributed by atoms with Gasteiger partial charge in [0, 0.05) is 89.0 Å². The number of carbonyl (C=O) groups excluding carboxylic acids is 4. The fourth-order valence-corrected chi connectivity index (χ4v) is 5.83. The van der Waals surface area contributed by atoms with Crippen molar-refractivity contribution in [3.05, 3.63) is 58.9 Å². The second kappa shape index (κ2) is 20.3. The Bertz CT molecular complexity index is 2180. The van der Waals surface area contributed by atoms with E-state index in [0.717, 1.165) is 48.1 Å². The molecule has 4 heterocycles. The fourth-order valence-electron chi connectivity index (χ4n) is 4.85. The van der Waals surface area contributed by atoms with Crippen LogP contribution < -0.4 is 19.5 Å². The van der Waals surface area contributed by atoms with E-state index in [0.29, 0.717) is 26.2 Å². The summed E-state index contributed by atoms with van der Waals surface area (Å²) in [5, 5.41) is 21.3. The Kier molecular flexibility index (Phi) is 16.4. The van der Waals surface area contributed by atoms with Crippen LogP contribution in [0.15, 0.2) is 48.8 Å². The van der Waals surface area contributed by atoms with E-state index in [1.54, 1.807) is 30.6 Å². The number of amides is 3. The van der Waals surface area contributed by atoms with Gasteiger partial charge in [-0.3, -0.25) is 19.6 Å². The molecule has 5 rings (SSSR count). The van der Waals surface area contributed by atoms with Gasteiger partial charge in [0.1, 0.15) is 17.0 Å². The Morgan fingerprint density at radius 3 is 1.52 bits per heavy atom. The van der Waals surface area contributed by atoms with Gasteiger partial charge < -0.3 is 34.2 Å². The van der Waals surface area contributed by atoms with Crippen LogP contribution >= 0.6 is 0 Å². The standard InChI is InChI=1S/C14H23N5O5S.C11H10N4O6S.C9H18N2O2/c1-14(2,3)24-13(21)18-9-7-17(8-10-18)12(20)19-6-5-11(15-19)16-25(4,22)23;1-22(19,20)13-10-6-7-14(12-10)11(16)21-9-4-2-8(3-5-9)15(17)18;1-9(2,3)13-8(12)11-6-4-10-5-7-11/h5-6H,7-10H2,1-4H3,(H,15,16);2-7H,1H3,(H,12,13);10H,4-7H2,1-3H3. The highest BCUT2D eigenvalue weighted by molar-refractivity contribution is 7.92. The number of nitrogens with one attached hydrogen (secondary N) is 3. The van der Waals surface area contributed by atoms with Crippen LogP contribution in [0.1, 0.15) is 41.5 Å². The zero-order valence-electron chi connectivity index (χ0n) is 34.5. The largest absolute Gasteiger partial charge is 0.444 e. The average Bonchev–Trinajstić information content (AvgIpc) is 3.79. The molecule has 0 bridgehead atoms. The van der Waals surface area contributed by atoms with Gasteiger partial charge in [-0.1, -0.05) is 0 Å². The summed E-state index contributed by atoms with van der Waals surface area (Å²) in [7, 11) is -6.96. The van der Waals surface area contributed by atoms with Gasteiger partial charge in [-0.25, -0.2) is 36.0 Å². The first-order valence-corrected chi connectivity index (χ1v) is 22.0. The van der Waals surface area contributed by atoms with Crippen molar-refractivity contribution < 1.29 is 55.1 Å². The van der Waals surface area contributed by atoms with Crippen molar-refractivity contribution in [2.75, 3.05) is 74.3 Å². The van der Waals surface area contributed by atoms with E-state index in [2.05, 4.69) is 25.0 Å². The van der Waals surface area contributed by atoms with Gasteiger partial charge in [0.15, 0.2) is 11.6 Å². The van der Waals surface area contributed by atoms with Crippen LogP contribution in [0.2, 0.25) is 0 Å². The quantitative estimate of drug-likeness (QED) is 0.237. The van der Waals surface area contributed by atoms with E-state index >= 15 is 0 Å². The SMILES string of the molecule is CC(C)(C)OC(=O)N1CCN(C(=O)n2ccc(NS(C)(=O)=O)n2)CC1.CC(C)(C)OC(=O)N1CCNCC1.CS(=O)(=O)Nc1ccn(C(=O)Oc2ccc([N+](=O)[O-])cc2)n1. The van der Waals surface area contributed by atoms with Crippen molar-refractivity contribution in [3.8, 4) is 5.75 Å². The maximum absolute atomic E-state index is 12.4. The average molecular weight is 886 g/mol. The summed E-state index contributed by atoms with van der Waals surface area (Å²) in [5.74, 6) is 0.120. The zero-order chi connectivity index (χ0) is 45.1. The van der Waals surface area contributed by atoms with E-state index in [1.165, 1.54) is 53.7 Å². The van der Waals surface area contributed by atoms with Gasteiger partial charge in [0.2, 0.25) is 20.0 Å². The molecule has 3 N–H and O–H groups in total. The maximum atomic E-state index is 12.4. The van der Waals surface area contributed by atoms with E-state index < -0.39 is 42.8 Å². The number of nitro benzene ring substituents is 1. The first kappa shape index (κ1) is 48.3. The highest BCUT2D eigenvalue weighted by Crippen LogP contribution is 2.18. The lowest BCUT2D eigenvalue weighted by atomic mass is 10.2. The molecule has 0 radical (unpaired) electrons. The van der Waals surface area contributed by atoms with Crippen LogP contribution in [0.4, 0.5) is 36.5 Å². The van der Waals surface area contributed by atoms with Crippen molar-refractivity contribution in [3.63, 3.8) is 0 Å². The predicted octanol–water partition coefficient (Wildman–Crippen LogP) is 2.81. The summed E-state index contributed by atoms with van der Waals surface area (Å²) in [6.45, 7) is 15.6. The number of rotatable bonds is 6. The van der Waals surface area contributed by atoms with Gasteiger partial charge in [0.05, 0.1) is 17.4 Å². The molecule has 1 aromatic carbocycles. The zero-order valence-corrected chi connectivity index (χ0v) is 36.1. The summed E-state index contributed by atoms with van der Waals surface area (Å²) >= 11 is 0. The summed E-state index contributed by atoms with van der Waals surface area (Å²) in [5.41, 5.74) is -1.09. The molecule has 60 heavy (non-hydrogen) atoms. The number of piperazine rings is 2. The van der Waals surface area contributed by atoms with E-state index in [1.807, 2.05) is 20.8 Å². The molecule has 3 amide bonds. The molecule has 2 fully saturated rings. The van der Waals surface area contributed by atoms with Crippen LogP contribution in [0, 0.1) is 10.1 Å². The van der Waals surface area contributed by atoms with Crippen LogP contribution in [-0.2, 0) is 29.5 Å². The number of benzene rings is 1. The predicted molar refractivity (Wildman–Crippen MR) is 217 cm³/mol. The minimum absolute atomic E-state index is 0.0388. The Morgan fingerprint density at radius 1 is 0.667 bits per heavy atom. The second-order valence-corrected chi connectivity index (χ2v) is 18.6. The van der Waals surface area contributed by atoms with Crippen LogP contribution in [-0.4, -0.2) is 156 Å². The van der Waals surface area contributed by atoms with Crippen molar-refractivity contribution in [1.29, 1.82) is 0 Å². The topological polar surface area (TPSA) is 289 Å². The third-order valence-electron chi connectivity index (χ3n) is 7.36. The lowest BCUT2D eigenvalue weighted by molar-refractivity contribution is -0.384. The van der Waals surface area contributed by atoms with E-state index in [9.17, 15) is 46.1 Å². The van der Waals surface area contributed by atoms with E-state index in [-0.39, 0.29) is 40.8 Å². The Balaban J connectivity index is 0.000000252. The Morgan fingerprint density at radius 2 is 1.08 bits per heavy atom. The number of sulfonamides is 2. The molecule has 0 saturated carbocycles. The van der Waals surface area contributed by atoms with Crippen molar-refractivity contribution in [1.82, 2.24) is 39.6 Å². The number of aromatic nitrogens is 4. The maximum Gasteiger partial charge on any atom is 0.440 e. The third-order valence-corrected chi connectivity index (χ3v) is 8.52. The molecule has 0 atom stereocenters. The lowest BCUT2D eigenvalue weighted by Crippen LogP contribution is -2.52. The van der Waals surface area contributed by atoms with Crippen LogP contribution in [0.3, 0.4) is 0 Å². The Labute approximate surface area is 347 Å². The molecule has 332 valence electrons. The monoisotopic (exact) mass is 885 g/mol. The first-order valence-electron chi connectivity index (χ1n) is 18.2. The number of nitrogens with zero attached hydrogens (tertiary/aromatic N) is 8. The molecule has 3 aromatic rings. The molecule has 2 aliphatic heterocycles. The van der Waals surface area contributed by atoms with Crippen molar-refractivity contribution >= 4 is 61.7 Å². The minimum Gasteiger partial charge on any atom is -0.444 e.